The van der Waals surface area contributed by atoms with Crippen molar-refractivity contribution in [2.24, 2.45) is 0 Å². The highest BCUT2D eigenvalue weighted by molar-refractivity contribution is 9.10. The van der Waals surface area contributed by atoms with E-state index in [1.807, 2.05) is 6.07 Å². The zero-order valence-corrected chi connectivity index (χ0v) is 15.6. The first-order chi connectivity index (χ1) is 12.5. The molecule has 128 valence electrons. The summed E-state index contributed by atoms with van der Waals surface area (Å²) in [6.07, 6.45) is 1.75. The van der Waals surface area contributed by atoms with Crippen LogP contribution in [0.5, 0.6) is 0 Å². The maximum absolute atomic E-state index is 14.4. The minimum absolute atomic E-state index is 0.259. The third-order valence-electron chi connectivity index (χ3n) is 4.03. The maximum Gasteiger partial charge on any atom is 0.212 e. The molecule has 0 aliphatic heterocycles. The van der Waals surface area contributed by atoms with Crippen molar-refractivity contribution in [2.75, 3.05) is 0 Å². The largest absolute Gasteiger partial charge is 0.295 e. The first kappa shape index (κ1) is 16.9. The van der Waals surface area contributed by atoms with E-state index in [4.69, 9.17) is 11.6 Å². The van der Waals surface area contributed by atoms with Gasteiger partial charge >= 0.3 is 0 Å². The summed E-state index contributed by atoms with van der Waals surface area (Å²) in [5.41, 5.74) is 1.90. The first-order valence-electron chi connectivity index (χ1n) is 7.77. The predicted molar refractivity (Wildman–Crippen MR) is 103 cm³/mol. The average Bonchev–Trinajstić information content (AvgIpc) is 3.00. The van der Waals surface area contributed by atoms with Crippen molar-refractivity contribution in [1.29, 1.82) is 0 Å². The molecule has 0 N–H and O–H groups in total. The van der Waals surface area contributed by atoms with Crippen molar-refractivity contribution in [3.8, 4) is 11.3 Å². The highest BCUT2D eigenvalue weighted by atomic mass is 79.9. The molecule has 0 radical (unpaired) electrons. The molecule has 26 heavy (non-hydrogen) atoms. The summed E-state index contributed by atoms with van der Waals surface area (Å²) >= 11 is 9.33. The van der Waals surface area contributed by atoms with E-state index in [-0.39, 0.29) is 11.3 Å². The molecule has 2 heterocycles. The number of ketones is 1. The Bertz CT molecular complexity index is 1140. The van der Waals surface area contributed by atoms with Gasteiger partial charge in [-0.25, -0.2) is 9.37 Å². The lowest BCUT2D eigenvalue weighted by molar-refractivity contribution is 0.103. The van der Waals surface area contributed by atoms with Crippen LogP contribution in [0.15, 0.2) is 71.3 Å². The molecule has 2 aromatic carbocycles. The number of benzene rings is 2. The van der Waals surface area contributed by atoms with Crippen LogP contribution in [0.25, 0.3) is 16.9 Å². The Hall–Kier alpha value is -2.50. The van der Waals surface area contributed by atoms with Gasteiger partial charge in [-0.3, -0.25) is 9.20 Å². The molecule has 4 rings (SSSR count). The van der Waals surface area contributed by atoms with Crippen molar-refractivity contribution in [1.82, 2.24) is 9.38 Å². The predicted octanol–water partition coefficient (Wildman–Crippen LogP) is 5.79. The lowest BCUT2D eigenvalue weighted by Gasteiger charge is -2.06. The summed E-state index contributed by atoms with van der Waals surface area (Å²) in [6.45, 7) is 0. The quantitative estimate of drug-likeness (QED) is 0.386. The Morgan fingerprint density at radius 3 is 2.50 bits per heavy atom. The molecule has 0 fully saturated rings. The van der Waals surface area contributed by atoms with Crippen LogP contribution in [0, 0.1) is 5.82 Å². The fourth-order valence-electron chi connectivity index (χ4n) is 2.81. The number of nitrogens with zero attached hydrogens (tertiary/aromatic N) is 2. The Morgan fingerprint density at radius 1 is 1.04 bits per heavy atom. The third kappa shape index (κ3) is 2.93. The fourth-order valence-corrected chi connectivity index (χ4v) is 3.28. The van der Waals surface area contributed by atoms with Gasteiger partial charge in [0.05, 0.1) is 0 Å². The zero-order valence-electron chi connectivity index (χ0n) is 13.3. The fraction of sp³-hybridized carbons (Fsp3) is 0. The molecular weight excluding hydrogens is 419 g/mol. The van der Waals surface area contributed by atoms with Gasteiger partial charge in [-0.1, -0.05) is 23.7 Å². The summed E-state index contributed by atoms with van der Waals surface area (Å²) < 4.78 is 16.8. The number of hydrogen-bond donors (Lipinski definition) is 0. The highest BCUT2D eigenvalue weighted by Gasteiger charge is 2.23. The van der Waals surface area contributed by atoms with E-state index in [0.717, 1.165) is 4.47 Å². The number of carbonyl (C=O) groups is 1. The monoisotopic (exact) mass is 428 g/mol. The van der Waals surface area contributed by atoms with Crippen molar-refractivity contribution in [3.63, 3.8) is 0 Å². The molecule has 0 atom stereocenters. The van der Waals surface area contributed by atoms with Gasteiger partial charge in [0, 0.05) is 26.8 Å². The topological polar surface area (TPSA) is 34.4 Å². The van der Waals surface area contributed by atoms with Gasteiger partial charge in [0.1, 0.15) is 22.9 Å². The summed E-state index contributed by atoms with van der Waals surface area (Å²) in [5, 5.41) is 0.539. The number of aromatic nitrogens is 2. The van der Waals surface area contributed by atoms with Crippen molar-refractivity contribution >= 4 is 39.0 Å². The van der Waals surface area contributed by atoms with Crippen LogP contribution in [-0.4, -0.2) is 15.2 Å². The Kier molecular flexibility index (Phi) is 4.34. The number of carbonyl (C=O) groups excluding carboxylic acids is 1. The molecular formula is C20H11BrClFN2O. The highest BCUT2D eigenvalue weighted by Crippen LogP contribution is 2.29. The summed E-state index contributed by atoms with van der Waals surface area (Å²) in [5.74, 6) is -0.689. The average molecular weight is 430 g/mol. The SMILES string of the molecule is O=C(c1ccc(Cl)cc1)c1c(-c2ccccc2F)nc2ccc(Br)cn12. The minimum Gasteiger partial charge on any atom is -0.295 e. The summed E-state index contributed by atoms with van der Waals surface area (Å²) in [4.78, 5) is 17.7. The van der Waals surface area contributed by atoms with Crippen LogP contribution < -0.4 is 0 Å². The van der Waals surface area contributed by atoms with E-state index in [1.54, 1.807) is 59.1 Å². The second kappa shape index (κ2) is 6.67. The molecule has 0 amide bonds. The molecule has 6 heteroatoms. The number of rotatable bonds is 3. The Labute approximate surface area is 162 Å². The van der Waals surface area contributed by atoms with E-state index < -0.39 is 5.82 Å². The maximum atomic E-state index is 14.4. The normalized spacial score (nSPS) is 11.0. The molecule has 0 unspecified atom stereocenters. The number of pyridine rings is 1. The lowest BCUT2D eigenvalue weighted by atomic mass is 10.0. The van der Waals surface area contributed by atoms with E-state index >= 15 is 0 Å². The number of imidazole rings is 1. The number of halogens is 3. The van der Waals surface area contributed by atoms with Crippen LogP contribution >= 0.6 is 27.5 Å². The van der Waals surface area contributed by atoms with Gasteiger partial charge in [-0.05, 0) is 64.5 Å². The first-order valence-corrected chi connectivity index (χ1v) is 8.94. The van der Waals surface area contributed by atoms with Crippen molar-refractivity contribution < 1.29 is 9.18 Å². The van der Waals surface area contributed by atoms with Crippen molar-refractivity contribution in [2.45, 2.75) is 0 Å². The van der Waals surface area contributed by atoms with Gasteiger partial charge in [0.15, 0.2) is 0 Å². The van der Waals surface area contributed by atoms with Crippen LogP contribution in [0.3, 0.4) is 0 Å². The summed E-state index contributed by atoms with van der Waals surface area (Å²) in [6, 6.07) is 16.5. The Balaban J connectivity index is 2.01. The van der Waals surface area contributed by atoms with Crippen LogP contribution in [0.1, 0.15) is 16.1 Å². The van der Waals surface area contributed by atoms with Gasteiger partial charge in [-0.15, -0.1) is 0 Å². The molecule has 2 aromatic heterocycles. The number of fused-ring (bicyclic) bond motifs is 1. The van der Waals surface area contributed by atoms with Gasteiger partial charge in [0.25, 0.3) is 0 Å². The van der Waals surface area contributed by atoms with E-state index in [9.17, 15) is 9.18 Å². The van der Waals surface area contributed by atoms with Gasteiger partial charge in [-0.2, -0.15) is 0 Å². The lowest BCUT2D eigenvalue weighted by Crippen LogP contribution is -2.07. The van der Waals surface area contributed by atoms with Gasteiger partial charge < -0.3 is 0 Å². The van der Waals surface area contributed by atoms with E-state index in [0.29, 0.717) is 27.6 Å². The van der Waals surface area contributed by atoms with Gasteiger partial charge in [0.2, 0.25) is 5.78 Å². The molecule has 0 spiro atoms. The smallest absolute Gasteiger partial charge is 0.212 e. The zero-order chi connectivity index (χ0) is 18.3. The molecule has 0 saturated heterocycles. The molecule has 3 nitrogen and oxygen atoms in total. The van der Waals surface area contributed by atoms with Crippen LogP contribution in [0.4, 0.5) is 4.39 Å². The number of hydrogen-bond acceptors (Lipinski definition) is 2. The van der Waals surface area contributed by atoms with Crippen LogP contribution in [0.2, 0.25) is 5.02 Å². The molecule has 0 saturated carbocycles. The minimum atomic E-state index is -0.430. The Morgan fingerprint density at radius 2 is 1.77 bits per heavy atom. The standard InChI is InChI=1S/C20H11BrClFN2O/c21-13-7-10-17-24-18(15-3-1-2-4-16(15)23)19(25(17)11-13)20(26)12-5-8-14(22)9-6-12/h1-11H. The molecule has 0 bridgehead atoms. The van der Waals surface area contributed by atoms with Crippen LogP contribution in [-0.2, 0) is 0 Å². The summed E-state index contributed by atoms with van der Waals surface area (Å²) in [7, 11) is 0. The van der Waals surface area contributed by atoms with Crippen molar-refractivity contribution in [3.05, 3.63) is 93.4 Å². The second-order valence-corrected chi connectivity index (χ2v) is 7.05. The van der Waals surface area contributed by atoms with E-state index in [1.165, 1.54) is 6.07 Å². The second-order valence-electron chi connectivity index (χ2n) is 5.70. The third-order valence-corrected chi connectivity index (χ3v) is 4.75. The molecule has 0 aliphatic carbocycles. The molecule has 4 aromatic rings. The molecule has 0 aliphatic rings. The van der Waals surface area contributed by atoms with E-state index in [2.05, 4.69) is 20.9 Å².